The molecule has 0 aromatic heterocycles. The van der Waals surface area contributed by atoms with Gasteiger partial charge in [-0.05, 0) is 18.2 Å². The Hall–Kier alpha value is -2.56. The zero-order valence-corrected chi connectivity index (χ0v) is 16.1. The fourth-order valence-corrected chi connectivity index (χ4v) is 2.81. The highest BCUT2D eigenvalue weighted by Gasteiger charge is 2.23. The molecule has 0 saturated heterocycles. The smallest absolute Gasteiger partial charge is 0.296 e. The van der Waals surface area contributed by atoms with E-state index in [0.29, 0.717) is 0 Å². The van der Waals surface area contributed by atoms with Gasteiger partial charge in [-0.1, -0.05) is 23.7 Å². The lowest BCUT2D eigenvalue weighted by Crippen LogP contribution is -2.15. The zero-order chi connectivity index (χ0) is 20.2. The second-order valence-corrected chi connectivity index (χ2v) is 7.63. The van der Waals surface area contributed by atoms with Crippen LogP contribution in [0.5, 0.6) is 11.5 Å². The number of hydrogen-bond donors (Lipinski definition) is 2. The predicted octanol–water partition coefficient (Wildman–Crippen LogP) is 3.59. The van der Waals surface area contributed by atoms with Crippen molar-refractivity contribution in [2.45, 2.75) is 0 Å². The van der Waals surface area contributed by atoms with E-state index < -0.39 is 32.4 Å². The first-order valence-corrected chi connectivity index (χ1v) is 9.99. The molecule has 0 aliphatic rings. The Morgan fingerprint density at radius 3 is 2.44 bits per heavy atom. The molecule has 0 aliphatic heterocycles. The maximum atomic E-state index is 11.6. The van der Waals surface area contributed by atoms with Crippen LogP contribution in [0.1, 0.15) is 0 Å². The third-order valence-corrected chi connectivity index (χ3v) is 4.19. The Balaban J connectivity index is 2.61. The van der Waals surface area contributed by atoms with Gasteiger partial charge in [0.2, 0.25) is 15.9 Å². The zero-order valence-electron chi connectivity index (χ0n) is 13.7. The highest BCUT2D eigenvalue weighted by Crippen LogP contribution is 2.40. The van der Waals surface area contributed by atoms with Crippen molar-refractivity contribution in [1.29, 1.82) is 0 Å². The van der Waals surface area contributed by atoms with Crippen LogP contribution in [-0.4, -0.2) is 31.4 Å². The maximum Gasteiger partial charge on any atom is 0.296 e. The van der Waals surface area contributed by atoms with Crippen molar-refractivity contribution in [3.05, 3.63) is 51.5 Å². The number of alkyl halides is 1. The third kappa shape index (κ3) is 5.71. The molecular formula is C15H13Cl2N3O6S. The first kappa shape index (κ1) is 20.7. The number of nitrogens with zero attached hydrogens (tertiary/aromatic N) is 1. The molecule has 2 N–H and O–H groups in total. The normalized spacial score (nSPS) is 10.9. The van der Waals surface area contributed by atoms with Gasteiger partial charge in [-0.25, -0.2) is 8.42 Å². The predicted molar refractivity (Wildman–Crippen MR) is 102 cm³/mol. The van der Waals surface area contributed by atoms with Gasteiger partial charge in [0.05, 0.1) is 28.0 Å². The van der Waals surface area contributed by atoms with E-state index in [-0.39, 0.29) is 27.9 Å². The standard InChI is InChI=1S/C15H13Cl2N3O6S/c1-27(24,25)19-11-6-10(18-15(21)8-16)12(20(22)23)7-14(11)26-13-5-3-2-4-9(13)17/h2-7,19H,8H2,1H3,(H,18,21). The Kier molecular flexibility index (Phi) is 6.47. The van der Waals surface area contributed by atoms with Gasteiger partial charge < -0.3 is 10.1 Å². The maximum absolute atomic E-state index is 11.6. The topological polar surface area (TPSA) is 128 Å². The van der Waals surface area contributed by atoms with Crippen LogP contribution in [0.4, 0.5) is 17.1 Å². The molecule has 0 spiro atoms. The van der Waals surface area contributed by atoms with Crippen LogP contribution in [-0.2, 0) is 14.8 Å². The Labute approximate surface area is 164 Å². The number of nitro benzene ring substituents is 1. The van der Waals surface area contributed by atoms with E-state index in [1.165, 1.54) is 12.1 Å². The molecule has 0 fully saturated rings. The van der Waals surface area contributed by atoms with E-state index >= 15 is 0 Å². The summed E-state index contributed by atoms with van der Waals surface area (Å²) in [6.07, 6.45) is 0.894. The summed E-state index contributed by atoms with van der Waals surface area (Å²) in [7, 11) is -3.76. The van der Waals surface area contributed by atoms with Crippen LogP contribution in [0.3, 0.4) is 0 Å². The number of amides is 1. The molecule has 0 heterocycles. The SMILES string of the molecule is CS(=O)(=O)Nc1cc(NC(=O)CCl)c([N+](=O)[O-])cc1Oc1ccccc1Cl. The van der Waals surface area contributed by atoms with Crippen molar-refractivity contribution in [2.24, 2.45) is 0 Å². The van der Waals surface area contributed by atoms with Crippen molar-refractivity contribution in [3.63, 3.8) is 0 Å². The first-order chi connectivity index (χ1) is 12.6. The highest BCUT2D eigenvalue weighted by molar-refractivity contribution is 7.92. The monoisotopic (exact) mass is 433 g/mol. The van der Waals surface area contributed by atoms with Gasteiger partial charge in [0.25, 0.3) is 5.69 Å². The lowest BCUT2D eigenvalue weighted by atomic mass is 10.2. The second kappa shape index (κ2) is 8.42. The summed E-state index contributed by atoms with van der Waals surface area (Å²) >= 11 is 11.4. The molecule has 0 saturated carbocycles. The van der Waals surface area contributed by atoms with Gasteiger partial charge in [-0.2, -0.15) is 0 Å². The minimum absolute atomic E-state index is 0.132. The number of sulfonamides is 1. The summed E-state index contributed by atoms with van der Waals surface area (Å²) in [6, 6.07) is 8.34. The van der Waals surface area contributed by atoms with Crippen molar-refractivity contribution in [1.82, 2.24) is 0 Å². The lowest BCUT2D eigenvalue weighted by molar-refractivity contribution is -0.384. The van der Waals surface area contributed by atoms with Crippen molar-refractivity contribution >= 4 is 56.2 Å². The minimum Gasteiger partial charge on any atom is -0.453 e. The summed E-state index contributed by atoms with van der Waals surface area (Å²) < 4.78 is 31.0. The third-order valence-electron chi connectivity index (χ3n) is 3.04. The number of nitro groups is 1. The Morgan fingerprint density at radius 1 is 1.22 bits per heavy atom. The molecule has 144 valence electrons. The largest absolute Gasteiger partial charge is 0.453 e. The van der Waals surface area contributed by atoms with Crippen LogP contribution in [0, 0.1) is 10.1 Å². The number of nitrogens with one attached hydrogen (secondary N) is 2. The molecule has 9 nitrogen and oxygen atoms in total. The van der Waals surface area contributed by atoms with Crippen LogP contribution >= 0.6 is 23.2 Å². The van der Waals surface area contributed by atoms with Gasteiger partial charge in [-0.15, -0.1) is 11.6 Å². The highest BCUT2D eigenvalue weighted by atomic mass is 35.5. The Bertz CT molecular complexity index is 997. The van der Waals surface area contributed by atoms with Gasteiger partial charge in [0, 0.05) is 0 Å². The van der Waals surface area contributed by atoms with Gasteiger partial charge in [0.1, 0.15) is 17.3 Å². The summed E-state index contributed by atoms with van der Waals surface area (Å²) in [5, 5.41) is 13.8. The lowest BCUT2D eigenvalue weighted by Gasteiger charge is -2.15. The fraction of sp³-hybridized carbons (Fsp3) is 0.133. The second-order valence-electron chi connectivity index (χ2n) is 5.21. The molecular weight excluding hydrogens is 421 g/mol. The number of anilines is 2. The van der Waals surface area contributed by atoms with Gasteiger partial charge >= 0.3 is 0 Å². The van der Waals surface area contributed by atoms with E-state index in [9.17, 15) is 23.3 Å². The summed E-state index contributed by atoms with van der Waals surface area (Å²) in [5.74, 6) is -1.17. The number of carbonyl (C=O) groups is 1. The van der Waals surface area contributed by atoms with Crippen LogP contribution < -0.4 is 14.8 Å². The molecule has 2 aromatic carbocycles. The summed E-state index contributed by atoms with van der Waals surface area (Å²) in [4.78, 5) is 22.1. The van der Waals surface area contributed by atoms with Crippen molar-refractivity contribution in [2.75, 3.05) is 22.2 Å². The van der Waals surface area contributed by atoms with Crippen LogP contribution in [0.2, 0.25) is 5.02 Å². The number of ether oxygens (including phenoxy) is 1. The molecule has 27 heavy (non-hydrogen) atoms. The number of para-hydroxylation sites is 1. The van der Waals surface area contributed by atoms with E-state index in [2.05, 4.69) is 10.0 Å². The molecule has 2 rings (SSSR count). The molecule has 0 radical (unpaired) electrons. The minimum atomic E-state index is -3.76. The Morgan fingerprint density at radius 2 is 1.89 bits per heavy atom. The summed E-state index contributed by atoms with van der Waals surface area (Å²) in [6.45, 7) is 0. The van der Waals surface area contributed by atoms with Crippen LogP contribution in [0.15, 0.2) is 36.4 Å². The molecule has 2 aromatic rings. The average Bonchev–Trinajstić information content (AvgIpc) is 2.57. The number of carbonyl (C=O) groups excluding carboxylic acids is 1. The molecule has 0 atom stereocenters. The number of rotatable bonds is 7. The molecule has 0 bridgehead atoms. The molecule has 0 unspecified atom stereocenters. The molecule has 1 amide bonds. The average molecular weight is 434 g/mol. The van der Waals surface area contributed by atoms with E-state index in [0.717, 1.165) is 18.4 Å². The molecule has 0 aliphatic carbocycles. The number of halogens is 2. The van der Waals surface area contributed by atoms with Crippen LogP contribution in [0.25, 0.3) is 0 Å². The van der Waals surface area contributed by atoms with E-state index in [4.69, 9.17) is 27.9 Å². The fourth-order valence-electron chi connectivity index (χ4n) is 2.01. The van der Waals surface area contributed by atoms with Gasteiger partial charge in [0.15, 0.2) is 5.75 Å². The van der Waals surface area contributed by atoms with E-state index in [1.807, 2.05) is 0 Å². The summed E-state index contributed by atoms with van der Waals surface area (Å²) in [5.41, 5.74) is -0.897. The first-order valence-electron chi connectivity index (χ1n) is 7.19. The quantitative estimate of drug-likeness (QED) is 0.390. The molecule has 12 heteroatoms. The van der Waals surface area contributed by atoms with Crippen molar-refractivity contribution < 1.29 is 22.9 Å². The number of benzene rings is 2. The van der Waals surface area contributed by atoms with E-state index in [1.54, 1.807) is 12.1 Å². The van der Waals surface area contributed by atoms with Crippen molar-refractivity contribution in [3.8, 4) is 11.5 Å². The number of hydrogen-bond acceptors (Lipinski definition) is 6. The van der Waals surface area contributed by atoms with Gasteiger partial charge in [-0.3, -0.25) is 19.6 Å².